The summed E-state index contributed by atoms with van der Waals surface area (Å²) in [7, 11) is 0. The highest BCUT2D eigenvalue weighted by molar-refractivity contribution is 7.15. The van der Waals surface area contributed by atoms with Crippen LogP contribution in [-0.2, 0) is 4.79 Å². The van der Waals surface area contributed by atoms with Gasteiger partial charge in [0.2, 0.25) is 5.91 Å². The van der Waals surface area contributed by atoms with Gasteiger partial charge in [-0.05, 0) is 43.7 Å². The Hall–Kier alpha value is -2.37. The molecule has 0 fully saturated rings. The molecule has 0 saturated heterocycles. The van der Waals surface area contributed by atoms with Crippen molar-refractivity contribution >= 4 is 55.8 Å². The quantitative estimate of drug-likeness (QED) is 0.502. The smallest absolute Gasteiger partial charge is 0.233 e. The number of nitrogens with one attached hydrogen (secondary N) is 2. The largest absolute Gasteiger partial charge is 0.355 e. The van der Waals surface area contributed by atoms with Gasteiger partial charge in [-0.3, -0.25) is 4.79 Å². The number of carbonyl (C=O) groups is 1. The molecular weight excluding hydrogens is 354 g/mol. The van der Waals surface area contributed by atoms with E-state index < -0.39 is 0 Å². The van der Waals surface area contributed by atoms with Crippen molar-refractivity contribution in [1.29, 1.82) is 0 Å². The summed E-state index contributed by atoms with van der Waals surface area (Å²) in [6.07, 6.45) is 1.76. The second kappa shape index (κ2) is 6.17. The molecule has 1 unspecified atom stereocenters. The van der Waals surface area contributed by atoms with E-state index >= 15 is 0 Å². The average Bonchev–Trinajstić information content (AvgIpc) is 3.16. The molecule has 1 atom stereocenters. The number of benzene rings is 2. The van der Waals surface area contributed by atoms with Gasteiger partial charge in [-0.25, -0.2) is 4.98 Å². The molecule has 0 bridgehead atoms. The summed E-state index contributed by atoms with van der Waals surface area (Å²) >= 11 is 7.58. The number of anilines is 1. The van der Waals surface area contributed by atoms with Gasteiger partial charge in [0.15, 0.2) is 5.13 Å². The van der Waals surface area contributed by atoms with E-state index in [2.05, 4.69) is 15.3 Å². The highest BCUT2D eigenvalue weighted by atomic mass is 35.5. The normalized spacial score (nSPS) is 12.6. The highest BCUT2D eigenvalue weighted by Gasteiger charge is 2.17. The second-order valence-electron chi connectivity index (χ2n) is 6.11. The molecular formula is C19H16ClN3OS. The fraction of sp³-hybridized carbons (Fsp3) is 0.158. The van der Waals surface area contributed by atoms with E-state index in [1.807, 2.05) is 50.2 Å². The van der Waals surface area contributed by atoms with Gasteiger partial charge in [-0.15, -0.1) is 11.3 Å². The van der Waals surface area contributed by atoms with Crippen molar-refractivity contribution in [3.05, 3.63) is 58.1 Å². The van der Waals surface area contributed by atoms with Crippen LogP contribution in [0.3, 0.4) is 0 Å². The molecule has 2 N–H and O–H groups in total. The number of fused-ring (bicyclic) bond motifs is 3. The Morgan fingerprint density at radius 1 is 1.20 bits per heavy atom. The van der Waals surface area contributed by atoms with E-state index in [0.717, 1.165) is 32.2 Å². The summed E-state index contributed by atoms with van der Waals surface area (Å²) in [6, 6.07) is 11.9. The molecule has 2 aromatic carbocycles. The van der Waals surface area contributed by atoms with Gasteiger partial charge in [0.1, 0.15) is 0 Å². The first-order valence-corrected chi connectivity index (χ1v) is 9.15. The first-order chi connectivity index (χ1) is 12.0. The van der Waals surface area contributed by atoms with Crippen LogP contribution in [0.15, 0.2) is 42.6 Å². The zero-order valence-corrected chi connectivity index (χ0v) is 15.3. The average molecular weight is 370 g/mol. The minimum Gasteiger partial charge on any atom is -0.355 e. The molecule has 6 heteroatoms. The molecule has 0 radical (unpaired) electrons. The van der Waals surface area contributed by atoms with Crippen molar-refractivity contribution in [2.24, 2.45) is 0 Å². The summed E-state index contributed by atoms with van der Waals surface area (Å²) in [6.45, 7) is 3.86. The van der Waals surface area contributed by atoms with Crippen LogP contribution in [0.5, 0.6) is 0 Å². The Kier molecular flexibility index (Phi) is 3.98. The summed E-state index contributed by atoms with van der Waals surface area (Å²) in [5, 5.41) is 6.42. The van der Waals surface area contributed by atoms with Crippen LogP contribution in [-0.4, -0.2) is 15.9 Å². The number of rotatable bonds is 3. The molecule has 0 aliphatic carbocycles. The van der Waals surface area contributed by atoms with Crippen LogP contribution in [0.1, 0.15) is 23.3 Å². The van der Waals surface area contributed by atoms with Crippen LogP contribution in [0.4, 0.5) is 5.13 Å². The Labute approximate surface area is 153 Å². The van der Waals surface area contributed by atoms with Crippen molar-refractivity contribution in [2.75, 3.05) is 5.32 Å². The van der Waals surface area contributed by atoms with Gasteiger partial charge in [-0.1, -0.05) is 23.7 Å². The molecule has 4 aromatic rings. The molecule has 2 aromatic heterocycles. The number of hydrogen-bond acceptors (Lipinski definition) is 3. The lowest BCUT2D eigenvalue weighted by molar-refractivity contribution is -0.117. The van der Waals surface area contributed by atoms with Crippen molar-refractivity contribution in [3.8, 4) is 0 Å². The minimum absolute atomic E-state index is 0.0622. The fourth-order valence-corrected chi connectivity index (χ4v) is 3.78. The van der Waals surface area contributed by atoms with Gasteiger partial charge < -0.3 is 10.3 Å². The third-order valence-corrected chi connectivity index (χ3v) is 5.39. The standard InChI is InChI=1S/C19H16ClN3OS/c1-10-9-21-19(25-10)23-18(24)11(2)12-3-5-14-15-8-13(20)4-6-16(15)22-17(14)7-12/h3-9,11,22H,1-2H3,(H,21,23,24). The van der Waals surface area contributed by atoms with Crippen LogP contribution in [0, 0.1) is 6.92 Å². The zero-order valence-electron chi connectivity index (χ0n) is 13.8. The van der Waals surface area contributed by atoms with Gasteiger partial charge in [0.25, 0.3) is 0 Å². The van der Waals surface area contributed by atoms with Crippen molar-refractivity contribution in [3.63, 3.8) is 0 Å². The van der Waals surface area contributed by atoms with Gasteiger partial charge in [0, 0.05) is 37.9 Å². The number of halogens is 1. The van der Waals surface area contributed by atoms with E-state index in [4.69, 9.17) is 11.6 Å². The first kappa shape index (κ1) is 16.1. The summed E-state index contributed by atoms with van der Waals surface area (Å²) in [5.41, 5.74) is 2.99. The Balaban J connectivity index is 1.66. The number of aromatic amines is 1. The molecule has 4 nitrogen and oxygen atoms in total. The van der Waals surface area contributed by atoms with Gasteiger partial charge in [-0.2, -0.15) is 0 Å². The van der Waals surface area contributed by atoms with Crippen molar-refractivity contribution in [2.45, 2.75) is 19.8 Å². The minimum atomic E-state index is -0.274. The van der Waals surface area contributed by atoms with Crippen LogP contribution < -0.4 is 5.32 Å². The maximum Gasteiger partial charge on any atom is 0.233 e. The molecule has 0 aliphatic heterocycles. The summed E-state index contributed by atoms with van der Waals surface area (Å²) in [5.74, 6) is -0.337. The molecule has 25 heavy (non-hydrogen) atoms. The third-order valence-electron chi connectivity index (χ3n) is 4.33. The van der Waals surface area contributed by atoms with Gasteiger partial charge in [0.05, 0.1) is 5.92 Å². The van der Waals surface area contributed by atoms with E-state index in [1.165, 1.54) is 11.3 Å². The Morgan fingerprint density at radius 2 is 2.04 bits per heavy atom. The number of aromatic nitrogens is 2. The van der Waals surface area contributed by atoms with E-state index in [-0.39, 0.29) is 11.8 Å². The van der Waals surface area contributed by atoms with E-state index in [9.17, 15) is 4.79 Å². The molecule has 126 valence electrons. The monoisotopic (exact) mass is 369 g/mol. The lowest BCUT2D eigenvalue weighted by atomic mass is 9.99. The molecule has 0 saturated carbocycles. The van der Waals surface area contributed by atoms with E-state index in [0.29, 0.717) is 10.2 Å². The van der Waals surface area contributed by atoms with Gasteiger partial charge >= 0.3 is 0 Å². The highest BCUT2D eigenvalue weighted by Crippen LogP contribution is 2.30. The number of nitrogens with zero attached hydrogens (tertiary/aromatic N) is 1. The zero-order chi connectivity index (χ0) is 17.6. The number of carbonyl (C=O) groups excluding carboxylic acids is 1. The molecule has 4 rings (SSSR count). The summed E-state index contributed by atoms with van der Waals surface area (Å²) in [4.78, 5) is 21.2. The van der Waals surface area contributed by atoms with E-state index in [1.54, 1.807) is 6.20 Å². The third kappa shape index (κ3) is 3.01. The summed E-state index contributed by atoms with van der Waals surface area (Å²) < 4.78 is 0. The van der Waals surface area contributed by atoms with Crippen molar-refractivity contribution in [1.82, 2.24) is 9.97 Å². The molecule has 2 heterocycles. The maximum atomic E-state index is 12.5. The second-order valence-corrected chi connectivity index (χ2v) is 7.78. The van der Waals surface area contributed by atoms with Crippen LogP contribution in [0.2, 0.25) is 5.02 Å². The maximum absolute atomic E-state index is 12.5. The number of hydrogen-bond donors (Lipinski definition) is 2. The lowest BCUT2D eigenvalue weighted by Crippen LogP contribution is -2.18. The number of thiazole rings is 1. The Morgan fingerprint density at radius 3 is 2.80 bits per heavy atom. The molecule has 0 spiro atoms. The topological polar surface area (TPSA) is 57.8 Å². The molecule has 1 amide bonds. The lowest BCUT2D eigenvalue weighted by Gasteiger charge is -2.11. The SMILES string of the molecule is Cc1cnc(NC(=O)C(C)c2ccc3c(c2)[nH]c2ccc(Cl)cc23)s1. The Bertz CT molecular complexity index is 1100. The molecule has 0 aliphatic rings. The number of H-pyrrole nitrogens is 1. The predicted molar refractivity (Wildman–Crippen MR) is 105 cm³/mol. The van der Waals surface area contributed by atoms with Crippen LogP contribution >= 0.6 is 22.9 Å². The fourth-order valence-electron chi connectivity index (χ4n) is 2.94. The number of amides is 1. The first-order valence-electron chi connectivity index (χ1n) is 7.95. The van der Waals surface area contributed by atoms with Crippen LogP contribution in [0.25, 0.3) is 21.8 Å². The van der Waals surface area contributed by atoms with Crippen molar-refractivity contribution < 1.29 is 4.79 Å². The predicted octanol–water partition coefficient (Wildman–Crippen LogP) is 5.48. The number of aryl methyl sites for hydroxylation is 1.